The molecule has 28 heavy (non-hydrogen) atoms. The molecule has 0 spiro atoms. The van der Waals surface area contributed by atoms with Crippen molar-refractivity contribution >= 4 is 27.4 Å². The number of fused-ring (bicyclic) bond motifs is 2. The van der Waals surface area contributed by atoms with Crippen LogP contribution < -0.4 is 15.1 Å². The number of benzene rings is 2. The highest BCUT2D eigenvalue weighted by molar-refractivity contribution is 5.98. The zero-order chi connectivity index (χ0) is 18.4. The van der Waals surface area contributed by atoms with Gasteiger partial charge >= 0.3 is 5.63 Å². The van der Waals surface area contributed by atoms with Crippen LogP contribution in [0.15, 0.2) is 70.1 Å². The summed E-state index contributed by atoms with van der Waals surface area (Å²) in [7, 11) is 1.95. The van der Waals surface area contributed by atoms with Crippen molar-refractivity contribution in [2.75, 3.05) is 18.0 Å². The van der Waals surface area contributed by atoms with Crippen LogP contribution in [0.25, 0.3) is 32.9 Å². The third-order valence-corrected chi connectivity index (χ3v) is 5.44. The Hall–Kier alpha value is -3.18. The second kappa shape index (κ2) is 7.09. The van der Waals surface area contributed by atoms with E-state index in [0.717, 1.165) is 34.8 Å². The maximum atomic E-state index is 12.5. The molecule has 3 heterocycles. The Morgan fingerprint density at radius 2 is 1.64 bits per heavy atom. The van der Waals surface area contributed by atoms with E-state index in [1.165, 1.54) is 18.5 Å². The van der Waals surface area contributed by atoms with E-state index in [9.17, 15) is 4.79 Å². The lowest BCUT2D eigenvalue weighted by Gasteiger charge is -2.18. The largest absolute Gasteiger partial charge is 0.870 e. The molecule has 1 saturated heterocycles. The lowest BCUT2D eigenvalue weighted by Crippen LogP contribution is -2.25. The lowest BCUT2D eigenvalue weighted by molar-refractivity contribution is -0.671. The second-order valence-electron chi connectivity index (χ2n) is 7.32. The van der Waals surface area contributed by atoms with Gasteiger partial charge < -0.3 is 14.8 Å². The lowest BCUT2D eigenvalue weighted by atomic mass is 10.0. The van der Waals surface area contributed by atoms with Crippen LogP contribution in [0.4, 0.5) is 5.69 Å². The highest BCUT2D eigenvalue weighted by Crippen LogP contribution is 2.29. The summed E-state index contributed by atoms with van der Waals surface area (Å²) >= 11 is 0. The molecule has 0 saturated carbocycles. The maximum absolute atomic E-state index is 12.5. The number of hydrogen-bond acceptors (Lipinski definition) is 4. The molecule has 1 aliphatic rings. The van der Waals surface area contributed by atoms with Gasteiger partial charge in [0.1, 0.15) is 12.6 Å². The molecule has 4 aromatic rings. The quantitative estimate of drug-likeness (QED) is 0.304. The van der Waals surface area contributed by atoms with Crippen molar-refractivity contribution in [3.8, 4) is 11.1 Å². The number of rotatable bonds is 2. The summed E-state index contributed by atoms with van der Waals surface area (Å²) in [5, 5.41) is 3.21. The molecule has 0 radical (unpaired) electrons. The molecule has 0 unspecified atom stereocenters. The first-order chi connectivity index (χ1) is 13.2. The van der Waals surface area contributed by atoms with Gasteiger partial charge in [0.15, 0.2) is 12.4 Å². The van der Waals surface area contributed by atoms with E-state index in [-0.39, 0.29) is 11.1 Å². The summed E-state index contributed by atoms with van der Waals surface area (Å²) in [6, 6.07) is 16.4. The van der Waals surface area contributed by atoms with Gasteiger partial charge in [-0.05, 0) is 53.9 Å². The van der Waals surface area contributed by atoms with Crippen LogP contribution in [0.5, 0.6) is 0 Å². The van der Waals surface area contributed by atoms with Crippen LogP contribution in [0.3, 0.4) is 0 Å². The van der Waals surface area contributed by atoms with Gasteiger partial charge in [0, 0.05) is 41.9 Å². The zero-order valence-electron chi connectivity index (χ0n) is 15.8. The average molecular weight is 374 g/mol. The fourth-order valence-electron chi connectivity index (χ4n) is 3.91. The maximum Gasteiger partial charge on any atom is 0.344 e. The van der Waals surface area contributed by atoms with Crippen molar-refractivity contribution in [1.82, 2.24) is 0 Å². The van der Waals surface area contributed by atoms with Crippen LogP contribution >= 0.6 is 0 Å². The van der Waals surface area contributed by atoms with Gasteiger partial charge in [-0.25, -0.2) is 9.36 Å². The molecule has 2 aromatic carbocycles. The molecule has 2 aromatic heterocycles. The van der Waals surface area contributed by atoms with Gasteiger partial charge in [0.25, 0.3) is 0 Å². The molecule has 1 aliphatic heterocycles. The van der Waals surface area contributed by atoms with E-state index >= 15 is 0 Å². The first-order valence-corrected chi connectivity index (χ1v) is 9.40. The predicted molar refractivity (Wildman–Crippen MR) is 110 cm³/mol. The van der Waals surface area contributed by atoms with Crippen LogP contribution in [-0.2, 0) is 7.05 Å². The molecule has 0 amide bonds. The number of hydrogen-bond donors (Lipinski definition) is 0. The van der Waals surface area contributed by atoms with Gasteiger partial charge in [-0.2, -0.15) is 0 Å². The third kappa shape index (κ3) is 3.14. The first-order valence-electron chi connectivity index (χ1n) is 9.40. The highest BCUT2D eigenvalue weighted by Gasteiger charge is 2.14. The molecule has 0 atom stereocenters. The standard InChI is InChI=1S/C23H21N2O2.H2O/c1-24-10-6-16(7-11-24)21-14-19-12-17-4-5-20(25-8-2-3-9-25)13-18(17)15-22(19)27-23(21)26;/h4-7,10-15H,2-3,8-9H2,1H3;1H2/q+1;/p-1. The van der Waals surface area contributed by atoms with E-state index in [4.69, 9.17) is 4.42 Å². The molecule has 5 heteroatoms. The molecule has 0 bridgehead atoms. The van der Waals surface area contributed by atoms with Crippen molar-refractivity contribution < 1.29 is 14.5 Å². The van der Waals surface area contributed by atoms with Crippen LogP contribution in [0.1, 0.15) is 12.8 Å². The average Bonchev–Trinajstić information content (AvgIpc) is 3.21. The van der Waals surface area contributed by atoms with Gasteiger partial charge in [-0.1, -0.05) is 6.07 Å². The number of aromatic nitrogens is 1. The van der Waals surface area contributed by atoms with Gasteiger partial charge in [-0.3, -0.25) is 0 Å². The van der Waals surface area contributed by atoms with E-state index in [2.05, 4.69) is 29.2 Å². The molecule has 142 valence electrons. The fraction of sp³-hybridized carbons (Fsp3) is 0.217. The van der Waals surface area contributed by atoms with Crippen LogP contribution in [-0.4, -0.2) is 18.6 Å². The minimum Gasteiger partial charge on any atom is -0.870 e. The summed E-state index contributed by atoms with van der Waals surface area (Å²) in [6.07, 6.45) is 6.37. The zero-order valence-corrected chi connectivity index (χ0v) is 15.8. The molecule has 0 aliphatic carbocycles. The van der Waals surface area contributed by atoms with Gasteiger partial charge in [0.05, 0.1) is 5.56 Å². The number of nitrogens with zero attached hydrogens (tertiary/aromatic N) is 2. The Kier molecular flexibility index (Phi) is 4.61. The van der Waals surface area contributed by atoms with Gasteiger partial charge in [0.2, 0.25) is 0 Å². The summed E-state index contributed by atoms with van der Waals surface area (Å²) in [4.78, 5) is 15.0. The summed E-state index contributed by atoms with van der Waals surface area (Å²) in [5.74, 6) is 0. The Bertz CT molecular complexity index is 1210. The van der Waals surface area contributed by atoms with Crippen molar-refractivity contribution in [3.63, 3.8) is 0 Å². The molecule has 1 fully saturated rings. The summed E-state index contributed by atoms with van der Waals surface area (Å²) < 4.78 is 7.62. The van der Waals surface area contributed by atoms with E-state index in [1.807, 2.05) is 48.3 Å². The normalized spacial score (nSPS) is 13.8. The Morgan fingerprint density at radius 3 is 2.39 bits per heavy atom. The van der Waals surface area contributed by atoms with E-state index in [0.29, 0.717) is 11.1 Å². The summed E-state index contributed by atoms with van der Waals surface area (Å²) in [6.45, 7) is 2.23. The number of pyridine rings is 1. The van der Waals surface area contributed by atoms with Crippen molar-refractivity contribution in [2.45, 2.75) is 12.8 Å². The molecular formula is C23H22N2O3. The smallest absolute Gasteiger partial charge is 0.344 e. The highest BCUT2D eigenvalue weighted by atomic mass is 16.4. The number of aryl methyl sites for hydroxylation is 1. The van der Waals surface area contributed by atoms with Crippen molar-refractivity contribution in [3.05, 3.63) is 71.3 Å². The van der Waals surface area contributed by atoms with E-state index in [1.54, 1.807) is 0 Å². The molecule has 1 N–H and O–H groups in total. The van der Waals surface area contributed by atoms with Crippen molar-refractivity contribution in [1.29, 1.82) is 0 Å². The van der Waals surface area contributed by atoms with Crippen molar-refractivity contribution in [2.24, 2.45) is 7.05 Å². The Labute approximate surface area is 162 Å². The Morgan fingerprint density at radius 1 is 0.893 bits per heavy atom. The van der Waals surface area contributed by atoms with Gasteiger partial charge in [-0.15, -0.1) is 0 Å². The molecular weight excluding hydrogens is 352 g/mol. The van der Waals surface area contributed by atoms with Crippen LogP contribution in [0, 0.1) is 0 Å². The molecule has 5 rings (SSSR count). The minimum absolute atomic E-state index is 0. The first kappa shape index (κ1) is 18.2. The Balaban J connectivity index is 0.00000192. The summed E-state index contributed by atoms with van der Waals surface area (Å²) in [5.41, 5.74) is 3.04. The number of anilines is 1. The minimum atomic E-state index is -0.300. The molecule has 5 nitrogen and oxygen atoms in total. The predicted octanol–water partition coefficient (Wildman–Crippen LogP) is 3.86. The monoisotopic (exact) mass is 374 g/mol. The van der Waals surface area contributed by atoms with Crippen LogP contribution in [0.2, 0.25) is 0 Å². The third-order valence-electron chi connectivity index (χ3n) is 5.44. The SMILES string of the molecule is C[n+]1ccc(-c2cc3cc4ccc(N5CCCC5)cc4cc3oc2=O)cc1.[OH-]. The topological polar surface area (TPSA) is 67.3 Å². The van der Waals surface area contributed by atoms with E-state index < -0.39 is 0 Å². The fourth-order valence-corrected chi connectivity index (χ4v) is 3.91. The second-order valence-corrected chi connectivity index (χ2v) is 7.32.